The van der Waals surface area contributed by atoms with E-state index < -0.39 is 0 Å². The lowest BCUT2D eigenvalue weighted by molar-refractivity contribution is -0.133. The van der Waals surface area contributed by atoms with Crippen LogP contribution in [0.4, 0.5) is 0 Å². The normalized spacial score (nSPS) is 15.5. The van der Waals surface area contributed by atoms with Crippen LogP contribution in [0, 0.1) is 0 Å². The van der Waals surface area contributed by atoms with Gasteiger partial charge >= 0.3 is 0 Å². The molecule has 24 heavy (non-hydrogen) atoms. The third-order valence-electron chi connectivity index (χ3n) is 4.13. The third kappa shape index (κ3) is 6.22. The number of rotatable bonds is 9. The number of amides is 2. The molecule has 1 aromatic rings. The fourth-order valence-electron chi connectivity index (χ4n) is 2.70. The predicted molar refractivity (Wildman–Crippen MR) is 95.1 cm³/mol. The average molecular weight is 353 g/mol. The summed E-state index contributed by atoms with van der Waals surface area (Å²) in [5.41, 5.74) is 6.13. The van der Waals surface area contributed by atoms with Gasteiger partial charge in [0.25, 0.3) is 5.91 Å². The quantitative estimate of drug-likeness (QED) is 0.661. The maximum Gasteiger partial charge on any atom is 0.252 e. The minimum absolute atomic E-state index is 0.0702. The standard InChI is InChI=1S/C17H27N3O3S/c18-7-2-11-23-15-4-9-20(10-5-15)16(21)3-1-8-19-17(22)14-6-12-24-13-14/h6,12-13,15H,1-5,7-11,18H2,(H,19,22). The summed E-state index contributed by atoms with van der Waals surface area (Å²) >= 11 is 1.50. The third-order valence-corrected chi connectivity index (χ3v) is 4.82. The van der Waals surface area contributed by atoms with Crippen LogP contribution in [0.25, 0.3) is 0 Å². The monoisotopic (exact) mass is 353 g/mol. The molecule has 0 atom stereocenters. The van der Waals surface area contributed by atoms with Crippen molar-refractivity contribution in [1.29, 1.82) is 0 Å². The van der Waals surface area contributed by atoms with Crippen LogP contribution in [0.5, 0.6) is 0 Å². The lowest BCUT2D eigenvalue weighted by Gasteiger charge is -2.32. The second-order valence-electron chi connectivity index (χ2n) is 5.96. The van der Waals surface area contributed by atoms with Crippen LogP contribution in [-0.4, -0.2) is 55.6 Å². The molecule has 0 bridgehead atoms. The minimum Gasteiger partial charge on any atom is -0.378 e. The number of likely N-dealkylation sites (tertiary alicyclic amines) is 1. The van der Waals surface area contributed by atoms with Gasteiger partial charge in [0.15, 0.2) is 0 Å². The number of nitrogens with two attached hydrogens (primary N) is 1. The molecule has 1 aromatic heterocycles. The maximum atomic E-state index is 12.2. The molecule has 134 valence electrons. The predicted octanol–water partition coefficient (Wildman–Crippen LogP) is 1.61. The first-order chi connectivity index (χ1) is 11.7. The van der Waals surface area contributed by atoms with Crippen LogP contribution >= 0.6 is 11.3 Å². The Hall–Kier alpha value is -1.44. The zero-order chi connectivity index (χ0) is 17.2. The molecule has 1 aliphatic rings. The van der Waals surface area contributed by atoms with Gasteiger partial charge in [-0.3, -0.25) is 9.59 Å². The van der Waals surface area contributed by atoms with Gasteiger partial charge in [-0.15, -0.1) is 0 Å². The van der Waals surface area contributed by atoms with Crippen LogP contribution in [0.2, 0.25) is 0 Å². The Morgan fingerprint density at radius 3 is 2.79 bits per heavy atom. The molecule has 0 unspecified atom stereocenters. The Labute approximate surface area is 147 Å². The van der Waals surface area contributed by atoms with Gasteiger partial charge in [-0.1, -0.05) is 0 Å². The van der Waals surface area contributed by atoms with Gasteiger partial charge in [0.05, 0.1) is 6.10 Å². The number of carbonyl (C=O) groups excluding carboxylic acids is 2. The first-order valence-corrected chi connectivity index (χ1v) is 9.55. The first-order valence-electron chi connectivity index (χ1n) is 8.60. The Balaban J connectivity index is 1.56. The van der Waals surface area contributed by atoms with Crippen molar-refractivity contribution in [3.63, 3.8) is 0 Å². The van der Waals surface area contributed by atoms with Gasteiger partial charge in [0, 0.05) is 43.6 Å². The topological polar surface area (TPSA) is 84.7 Å². The first kappa shape index (κ1) is 18.9. The van der Waals surface area contributed by atoms with Crippen molar-refractivity contribution in [1.82, 2.24) is 10.2 Å². The number of thiophene rings is 1. The van der Waals surface area contributed by atoms with Crippen LogP contribution in [0.3, 0.4) is 0 Å². The second-order valence-corrected chi connectivity index (χ2v) is 6.74. The number of piperidine rings is 1. The molecular weight excluding hydrogens is 326 g/mol. The summed E-state index contributed by atoms with van der Waals surface area (Å²) in [5.74, 6) is 0.0966. The molecule has 2 amide bonds. The molecule has 2 heterocycles. The molecule has 7 heteroatoms. The Morgan fingerprint density at radius 1 is 1.33 bits per heavy atom. The minimum atomic E-state index is -0.0702. The summed E-state index contributed by atoms with van der Waals surface area (Å²) in [4.78, 5) is 25.9. The van der Waals surface area contributed by atoms with E-state index in [1.807, 2.05) is 15.7 Å². The van der Waals surface area contributed by atoms with E-state index in [-0.39, 0.29) is 17.9 Å². The summed E-state index contributed by atoms with van der Waals surface area (Å²) < 4.78 is 5.75. The van der Waals surface area contributed by atoms with Gasteiger partial charge in [-0.25, -0.2) is 0 Å². The lowest BCUT2D eigenvalue weighted by Crippen LogP contribution is -2.41. The molecule has 0 radical (unpaired) electrons. The highest BCUT2D eigenvalue weighted by Gasteiger charge is 2.22. The highest BCUT2D eigenvalue weighted by Crippen LogP contribution is 2.15. The molecule has 0 aromatic carbocycles. The SMILES string of the molecule is NCCCOC1CCN(C(=O)CCCNC(=O)c2ccsc2)CC1. The molecule has 0 spiro atoms. The van der Waals surface area contributed by atoms with E-state index in [0.717, 1.165) is 32.4 Å². The van der Waals surface area contributed by atoms with E-state index in [1.54, 1.807) is 6.07 Å². The molecule has 0 saturated carbocycles. The van der Waals surface area contributed by atoms with E-state index in [0.29, 0.717) is 38.1 Å². The smallest absolute Gasteiger partial charge is 0.252 e. The van der Waals surface area contributed by atoms with Crippen LogP contribution in [-0.2, 0) is 9.53 Å². The summed E-state index contributed by atoms with van der Waals surface area (Å²) in [6.07, 6.45) is 4.07. The van der Waals surface area contributed by atoms with Crippen molar-refractivity contribution >= 4 is 23.2 Å². The molecular formula is C17H27N3O3S. The van der Waals surface area contributed by atoms with E-state index in [2.05, 4.69) is 5.32 Å². The molecule has 6 nitrogen and oxygen atoms in total. The zero-order valence-electron chi connectivity index (χ0n) is 14.0. The second kappa shape index (κ2) is 10.4. The van der Waals surface area contributed by atoms with Crippen molar-refractivity contribution in [2.45, 2.75) is 38.2 Å². The Bertz CT molecular complexity index is 499. The summed E-state index contributed by atoms with van der Waals surface area (Å²) in [5, 5.41) is 6.54. The summed E-state index contributed by atoms with van der Waals surface area (Å²) in [6.45, 7) is 3.40. The largest absolute Gasteiger partial charge is 0.378 e. The number of hydrogen-bond donors (Lipinski definition) is 2. The number of nitrogens with zero attached hydrogens (tertiary/aromatic N) is 1. The van der Waals surface area contributed by atoms with Crippen LogP contribution < -0.4 is 11.1 Å². The van der Waals surface area contributed by atoms with E-state index in [4.69, 9.17) is 10.5 Å². The summed E-state index contributed by atoms with van der Waals surface area (Å²) in [7, 11) is 0. The van der Waals surface area contributed by atoms with Crippen molar-refractivity contribution < 1.29 is 14.3 Å². The van der Waals surface area contributed by atoms with Gasteiger partial charge in [-0.05, 0) is 43.7 Å². The van der Waals surface area contributed by atoms with E-state index >= 15 is 0 Å². The highest BCUT2D eigenvalue weighted by molar-refractivity contribution is 7.08. The fraction of sp³-hybridized carbons (Fsp3) is 0.647. The molecule has 0 aliphatic carbocycles. The van der Waals surface area contributed by atoms with Gasteiger partial charge in [-0.2, -0.15) is 11.3 Å². The molecule has 1 aliphatic heterocycles. The number of hydrogen-bond acceptors (Lipinski definition) is 5. The fourth-order valence-corrected chi connectivity index (χ4v) is 3.34. The number of nitrogens with one attached hydrogen (secondary N) is 1. The Morgan fingerprint density at radius 2 is 2.12 bits per heavy atom. The lowest BCUT2D eigenvalue weighted by atomic mass is 10.1. The zero-order valence-corrected chi connectivity index (χ0v) is 14.9. The Kier molecular flexibility index (Phi) is 8.21. The molecule has 3 N–H and O–H groups in total. The molecule has 1 fully saturated rings. The van der Waals surface area contributed by atoms with Crippen LogP contribution in [0.1, 0.15) is 42.5 Å². The maximum absolute atomic E-state index is 12.2. The number of carbonyl (C=O) groups is 2. The van der Waals surface area contributed by atoms with Crippen molar-refractivity contribution in [3.05, 3.63) is 22.4 Å². The van der Waals surface area contributed by atoms with Crippen molar-refractivity contribution in [2.24, 2.45) is 5.73 Å². The van der Waals surface area contributed by atoms with Crippen molar-refractivity contribution in [2.75, 3.05) is 32.8 Å². The average Bonchev–Trinajstić information content (AvgIpc) is 3.14. The van der Waals surface area contributed by atoms with E-state index in [1.165, 1.54) is 11.3 Å². The van der Waals surface area contributed by atoms with E-state index in [9.17, 15) is 9.59 Å². The van der Waals surface area contributed by atoms with Crippen LogP contribution in [0.15, 0.2) is 16.8 Å². The van der Waals surface area contributed by atoms with Crippen molar-refractivity contribution in [3.8, 4) is 0 Å². The summed E-state index contributed by atoms with van der Waals surface area (Å²) in [6, 6.07) is 1.80. The van der Waals surface area contributed by atoms with Gasteiger partial charge < -0.3 is 20.7 Å². The molecule has 2 rings (SSSR count). The highest BCUT2D eigenvalue weighted by atomic mass is 32.1. The molecule has 1 saturated heterocycles. The van der Waals surface area contributed by atoms with Gasteiger partial charge in [0.1, 0.15) is 0 Å². The van der Waals surface area contributed by atoms with Gasteiger partial charge in [0.2, 0.25) is 5.91 Å². The number of ether oxygens (including phenoxy) is 1.